The van der Waals surface area contributed by atoms with Gasteiger partial charge in [-0.25, -0.2) is 0 Å². The fourth-order valence-corrected chi connectivity index (χ4v) is 2.17. The van der Waals surface area contributed by atoms with Crippen molar-refractivity contribution in [3.05, 3.63) is 36.9 Å². The number of carbonyl (C=O) groups excluding carboxylic acids is 2. The molecule has 0 spiro atoms. The average Bonchev–Trinajstić information content (AvgIpc) is 2.67. The van der Waals surface area contributed by atoms with Crippen LogP contribution in [0.3, 0.4) is 0 Å². The van der Waals surface area contributed by atoms with E-state index in [1.54, 1.807) is 6.08 Å². The zero-order chi connectivity index (χ0) is 14.7. The summed E-state index contributed by atoms with van der Waals surface area (Å²) in [5, 5.41) is 3.11. The van der Waals surface area contributed by atoms with E-state index in [9.17, 15) is 9.59 Å². The number of nitrogens with one attached hydrogen (secondary N) is 1. The minimum absolute atomic E-state index is 0.155. The molecule has 0 bridgehead atoms. The predicted molar refractivity (Wildman–Crippen MR) is 79.7 cm³/mol. The summed E-state index contributed by atoms with van der Waals surface area (Å²) in [7, 11) is 3.93. The molecule has 1 heterocycles. The van der Waals surface area contributed by atoms with E-state index >= 15 is 0 Å². The lowest BCUT2D eigenvalue weighted by Crippen LogP contribution is -2.34. The van der Waals surface area contributed by atoms with Crippen molar-refractivity contribution < 1.29 is 9.59 Å². The minimum atomic E-state index is -0.479. The molecule has 1 aliphatic heterocycles. The number of nitrogens with zero attached hydrogens (tertiary/aromatic N) is 2. The summed E-state index contributed by atoms with van der Waals surface area (Å²) in [4.78, 5) is 27.0. The molecular formula is C15H19N3O2. The summed E-state index contributed by atoms with van der Waals surface area (Å²) in [5.41, 5.74) is 1.92. The number of amides is 2. The normalized spacial score (nSPS) is 18.3. The first kappa shape index (κ1) is 14.1. The van der Waals surface area contributed by atoms with Gasteiger partial charge in [-0.15, -0.1) is 6.58 Å². The highest BCUT2D eigenvalue weighted by atomic mass is 16.2. The van der Waals surface area contributed by atoms with Crippen LogP contribution < -0.4 is 10.2 Å². The van der Waals surface area contributed by atoms with Crippen molar-refractivity contribution in [1.82, 2.24) is 4.90 Å². The zero-order valence-corrected chi connectivity index (χ0v) is 11.8. The number of imide groups is 1. The SMILES string of the molecule is C=CCN1C(=O)C[C@@H](Nc2ccc(N(C)C)cc2)C1=O. The second kappa shape index (κ2) is 5.77. The maximum Gasteiger partial charge on any atom is 0.252 e. The molecule has 0 saturated carbocycles. The highest BCUT2D eigenvalue weighted by Crippen LogP contribution is 2.20. The summed E-state index contributed by atoms with van der Waals surface area (Å²) in [6, 6.07) is 7.26. The summed E-state index contributed by atoms with van der Waals surface area (Å²) in [5.74, 6) is -0.344. The summed E-state index contributed by atoms with van der Waals surface area (Å²) < 4.78 is 0. The van der Waals surface area contributed by atoms with Gasteiger partial charge in [-0.05, 0) is 24.3 Å². The number of carbonyl (C=O) groups is 2. The van der Waals surface area contributed by atoms with E-state index in [2.05, 4.69) is 11.9 Å². The van der Waals surface area contributed by atoms with Crippen LogP contribution in [-0.2, 0) is 9.59 Å². The Kier molecular flexibility index (Phi) is 4.08. The van der Waals surface area contributed by atoms with E-state index in [0.29, 0.717) is 0 Å². The van der Waals surface area contributed by atoms with Crippen molar-refractivity contribution in [1.29, 1.82) is 0 Å². The number of hydrogen-bond donors (Lipinski definition) is 1. The van der Waals surface area contributed by atoms with Gasteiger partial charge in [0, 0.05) is 32.0 Å². The third-order valence-corrected chi connectivity index (χ3v) is 3.28. The first-order valence-electron chi connectivity index (χ1n) is 6.52. The van der Waals surface area contributed by atoms with Gasteiger partial charge in [0.1, 0.15) is 6.04 Å². The molecule has 5 heteroatoms. The Morgan fingerprint density at radius 1 is 1.35 bits per heavy atom. The molecule has 1 fully saturated rings. The fraction of sp³-hybridized carbons (Fsp3) is 0.333. The highest BCUT2D eigenvalue weighted by Gasteiger charge is 2.37. The second-order valence-electron chi connectivity index (χ2n) is 4.97. The van der Waals surface area contributed by atoms with E-state index < -0.39 is 6.04 Å². The minimum Gasteiger partial charge on any atom is -0.378 e. The van der Waals surface area contributed by atoms with Crippen molar-refractivity contribution in [2.24, 2.45) is 0 Å². The maximum atomic E-state index is 12.1. The average molecular weight is 273 g/mol. The van der Waals surface area contributed by atoms with Crippen LogP contribution in [0.1, 0.15) is 6.42 Å². The molecule has 0 unspecified atom stereocenters. The molecule has 0 aromatic heterocycles. The van der Waals surface area contributed by atoms with Gasteiger partial charge in [0.05, 0.1) is 6.42 Å². The highest BCUT2D eigenvalue weighted by molar-refractivity contribution is 6.06. The molecule has 5 nitrogen and oxygen atoms in total. The van der Waals surface area contributed by atoms with Gasteiger partial charge in [-0.2, -0.15) is 0 Å². The molecule has 106 valence electrons. The lowest BCUT2D eigenvalue weighted by Gasteiger charge is -2.16. The molecule has 1 aliphatic rings. The standard InChI is InChI=1S/C15H19N3O2/c1-4-9-18-14(19)10-13(15(18)20)16-11-5-7-12(8-6-11)17(2)3/h4-8,13,16H,1,9-10H2,2-3H3/t13-/m1/s1. The number of hydrogen-bond acceptors (Lipinski definition) is 4. The van der Waals surface area contributed by atoms with E-state index in [1.165, 1.54) is 4.90 Å². The Balaban J connectivity index is 2.05. The Labute approximate surface area is 118 Å². The topological polar surface area (TPSA) is 52.7 Å². The van der Waals surface area contributed by atoms with Gasteiger partial charge < -0.3 is 10.2 Å². The van der Waals surface area contributed by atoms with Crippen molar-refractivity contribution in [2.45, 2.75) is 12.5 Å². The third-order valence-electron chi connectivity index (χ3n) is 3.28. The smallest absolute Gasteiger partial charge is 0.252 e. The number of anilines is 2. The maximum absolute atomic E-state index is 12.1. The fourth-order valence-electron chi connectivity index (χ4n) is 2.17. The quantitative estimate of drug-likeness (QED) is 0.652. The van der Waals surface area contributed by atoms with Crippen LogP contribution in [0.25, 0.3) is 0 Å². The van der Waals surface area contributed by atoms with Crippen LogP contribution in [0, 0.1) is 0 Å². The van der Waals surface area contributed by atoms with Crippen molar-refractivity contribution in [3.8, 4) is 0 Å². The molecule has 1 aromatic rings. The molecule has 1 aromatic carbocycles. The molecule has 0 radical (unpaired) electrons. The van der Waals surface area contributed by atoms with Crippen LogP contribution in [0.15, 0.2) is 36.9 Å². The van der Waals surface area contributed by atoms with E-state index in [4.69, 9.17) is 0 Å². The zero-order valence-electron chi connectivity index (χ0n) is 11.8. The van der Waals surface area contributed by atoms with Crippen molar-refractivity contribution in [3.63, 3.8) is 0 Å². The van der Waals surface area contributed by atoms with Gasteiger partial charge >= 0.3 is 0 Å². The van der Waals surface area contributed by atoms with Gasteiger partial charge in [-0.3, -0.25) is 14.5 Å². The van der Waals surface area contributed by atoms with E-state index in [-0.39, 0.29) is 24.8 Å². The Hall–Kier alpha value is -2.30. The van der Waals surface area contributed by atoms with Crippen LogP contribution in [0.4, 0.5) is 11.4 Å². The second-order valence-corrected chi connectivity index (χ2v) is 4.97. The molecule has 2 amide bonds. The first-order chi connectivity index (χ1) is 9.52. The van der Waals surface area contributed by atoms with Crippen LogP contribution in [-0.4, -0.2) is 43.4 Å². The Bertz CT molecular complexity index is 522. The number of benzene rings is 1. The Morgan fingerprint density at radius 3 is 2.55 bits per heavy atom. The third kappa shape index (κ3) is 2.82. The molecule has 0 aliphatic carbocycles. The van der Waals surface area contributed by atoms with Crippen molar-refractivity contribution >= 4 is 23.2 Å². The van der Waals surface area contributed by atoms with E-state index in [0.717, 1.165) is 11.4 Å². The molecule has 1 N–H and O–H groups in total. The molecule has 20 heavy (non-hydrogen) atoms. The molecule has 2 rings (SSSR count). The van der Waals surface area contributed by atoms with Crippen LogP contribution in [0.5, 0.6) is 0 Å². The van der Waals surface area contributed by atoms with Gasteiger partial charge in [-0.1, -0.05) is 6.08 Å². The lowest BCUT2D eigenvalue weighted by atomic mass is 10.2. The molecular weight excluding hydrogens is 254 g/mol. The molecule has 1 atom stereocenters. The monoisotopic (exact) mass is 273 g/mol. The van der Waals surface area contributed by atoms with Crippen LogP contribution >= 0.6 is 0 Å². The predicted octanol–water partition coefficient (Wildman–Crippen LogP) is 1.48. The first-order valence-corrected chi connectivity index (χ1v) is 6.52. The summed E-state index contributed by atoms with van der Waals surface area (Å²) >= 11 is 0. The number of rotatable bonds is 5. The Morgan fingerprint density at radius 2 is 2.00 bits per heavy atom. The van der Waals surface area contributed by atoms with Gasteiger partial charge in [0.15, 0.2) is 0 Å². The number of likely N-dealkylation sites (tertiary alicyclic amines) is 1. The van der Waals surface area contributed by atoms with E-state index in [1.807, 2.05) is 43.3 Å². The summed E-state index contributed by atoms with van der Waals surface area (Å²) in [6.45, 7) is 3.83. The van der Waals surface area contributed by atoms with Gasteiger partial charge in [0.2, 0.25) is 5.91 Å². The van der Waals surface area contributed by atoms with Gasteiger partial charge in [0.25, 0.3) is 5.91 Å². The van der Waals surface area contributed by atoms with Crippen molar-refractivity contribution in [2.75, 3.05) is 30.9 Å². The van der Waals surface area contributed by atoms with Crippen LogP contribution in [0.2, 0.25) is 0 Å². The molecule has 1 saturated heterocycles. The largest absolute Gasteiger partial charge is 0.378 e. The lowest BCUT2D eigenvalue weighted by molar-refractivity contribution is -0.137. The summed E-state index contributed by atoms with van der Waals surface area (Å²) in [6.07, 6.45) is 1.76.